The number of hydrogen-bond acceptors (Lipinski definition) is 1. The monoisotopic (exact) mass is 253 g/mol. The molecule has 98 valence electrons. The van der Waals surface area contributed by atoms with Crippen molar-refractivity contribution in [2.45, 2.75) is 38.1 Å². The van der Waals surface area contributed by atoms with Crippen molar-refractivity contribution in [3.63, 3.8) is 0 Å². The topological polar surface area (TPSA) is 29.1 Å². The molecule has 2 heteroatoms. The third kappa shape index (κ3) is 1.66. The van der Waals surface area contributed by atoms with E-state index in [9.17, 15) is 4.79 Å². The van der Waals surface area contributed by atoms with Crippen LogP contribution in [-0.2, 0) is 10.2 Å². The summed E-state index contributed by atoms with van der Waals surface area (Å²) in [7, 11) is 0. The lowest BCUT2D eigenvalue weighted by Gasteiger charge is -2.38. The van der Waals surface area contributed by atoms with E-state index < -0.39 is 0 Å². The van der Waals surface area contributed by atoms with Gasteiger partial charge in [-0.3, -0.25) is 4.79 Å². The molecule has 2 aromatic rings. The summed E-state index contributed by atoms with van der Waals surface area (Å²) in [6.45, 7) is 6.41. The Balaban J connectivity index is 2.27. The van der Waals surface area contributed by atoms with E-state index in [-0.39, 0.29) is 16.9 Å². The third-order valence-electron chi connectivity index (χ3n) is 4.73. The van der Waals surface area contributed by atoms with E-state index in [2.05, 4.69) is 68.6 Å². The molecule has 2 aromatic carbocycles. The van der Waals surface area contributed by atoms with Gasteiger partial charge < -0.3 is 5.32 Å². The van der Waals surface area contributed by atoms with Gasteiger partial charge in [0, 0.05) is 17.4 Å². The average Bonchev–Trinajstić information content (AvgIpc) is 2.57. The lowest BCUT2D eigenvalue weighted by Crippen LogP contribution is -2.48. The molecular formula is C17H19NO. The Hall–Kier alpha value is -1.83. The van der Waals surface area contributed by atoms with Gasteiger partial charge in [0.1, 0.15) is 0 Å². The fraction of sp³-hybridized carbons (Fsp3) is 0.353. The second kappa shape index (κ2) is 3.83. The van der Waals surface area contributed by atoms with E-state index in [1.54, 1.807) is 0 Å². The summed E-state index contributed by atoms with van der Waals surface area (Å²) in [5, 5.41) is 5.59. The summed E-state index contributed by atoms with van der Waals surface area (Å²) in [5.74, 6) is 0.139. The zero-order valence-electron chi connectivity index (χ0n) is 11.7. The van der Waals surface area contributed by atoms with Gasteiger partial charge in [-0.15, -0.1) is 0 Å². The minimum absolute atomic E-state index is 0.139. The maximum Gasteiger partial charge on any atom is 0.221 e. The molecule has 19 heavy (non-hydrogen) atoms. The maximum atomic E-state index is 11.9. The molecule has 1 N–H and O–H groups in total. The minimum atomic E-state index is -0.228. The summed E-state index contributed by atoms with van der Waals surface area (Å²) < 4.78 is 0. The fourth-order valence-corrected chi connectivity index (χ4v) is 3.21. The number of rotatable bonds is 1. The number of nitrogens with one attached hydrogen (secondary N) is 1. The number of benzene rings is 2. The Bertz CT molecular complexity index is 654. The highest BCUT2D eigenvalue weighted by Gasteiger charge is 2.50. The molecule has 0 spiro atoms. The normalized spacial score (nSPS) is 25.5. The number of fused-ring (bicyclic) bond motifs is 1. The molecule has 0 aromatic heterocycles. The highest BCUT2D eigenvalue weighted by molar-refractivity contribution is 5.90. The predicted molar refractivity (Wildman–Crippen MR) is 78.1 cm³/mol. The van der Waals surface area contributed by atoms with Crippen LogP contribution in [0, 0.1) is 0 Å². The number of carbonyl (C=O) groups excluding carboxylic acids is 1. The first-order chi connectivity index (χ1) is 8.94. The van der Waals surface area contributed by atoms with Crippen LogP contribution in [0.15, 0.2) is 42.5 Å². The van der Waals surface area contributed by atoms with Gasteiger partial charge >= 0.3 is 0 Å². The highest BCUT2D eigenvalue weighted by atomic mass is 16.2. The Labute approximate surface area is 113 Å². The van der Waals surface area contributed by atoms with Gasteiger partial charge in [-0.2, -0.15) is 0 Å². The SMILES string of the molecule is CC1(C)NC(=O)CC1(C)c1cccc2ccccc12. The van der Waals surface area contributed by atoms with E-state index >= 15 is 0 Å². The quantitative estimate of drug-likeness (QED) is 0.829. The molecule has 1 aliphatic heterocycles. The van der Waals surface area contributed by atoms with Crippen molar-refractivity contribution in [2.75, 3.05) is 0 Å². The Morgan fingerprint density at radius 3 is 2.37 bits per heavy atom. The van der Waals surface area contributed by atoms with Crippen LogP contribution in [0.4, 0.5) is 0 Å². The van der Waals surface area contributed by atoms with Crippen molar-refractivity contribution >= 4 is 16.7 Å². The standard InChI is InChI=1S/C17H19NO/c1-16(2)17(3,11-15(19)18-16)14-10-6-8-12-7-4-5-9-13(12)14/h4-10H,11H2,1-3H3,(H,18,19). The molecular weight excluding hydrogens is 234 g/mol. The third-order valence-corrected chi connectivity index (χ3v) is 4.73. The van der Waals surface area contributed by atoms with Crippen LogP contribution in [-0.4, -0.2) is 11.4 Å². The van der Waals surface area contributed by atoms with Crippen molar-refractivity contribution in [2.24, 2.45) is 0 Å². The van der Waals surface area contributed by atoms with Crippen LogP contribution in [0.3, 0.4) is 0 Å². The molecule has 1 saturated heterocycles. The first-order valence-electron chi connectivity index (χ1n) is 6.73. The van der Waals surface area contributed by atoms with Crippen LogP contribution in [0.1, 0.15) is 32.8 Å². The minimum Gasteiger partial charge on any atom is -0.350 e. The van der Waals surface area contributed by atoms with E-state index in [1.165, 1.54) is 16.3 Å². The summed E-state index contributed by atoms with van der Waals surface area (Å²) in [4.78, 5) is 11.9. The fourth-order valence-electron chi connectivity index (χ4n) is 3.21. The lowest BCUT2D eigenvalue weighted by molar-refractivity contribution is -0.119. The second-order valence-corrected chi connectivity index (χ2v) is 6.21. The molecule has 1 aliphatic rings. The molecule has 2 nitrogen and oxygen atoms in total. The molecule has 1 fully saturated rings. The average molecular weight is 253 g/mol. The zero-order valence-corrected chi connectivity index (χ0v) is 11.7. The van der Waals surface area contributed by atoms with E-state index in [0.717, 1.165) is 0 Å². The van der Waals surface area contributed by atoms with Gasteiger partial charge in [-0.1, -0.05) is 49.4 Å². The molecule has 0 aliphatic carbocycles. The molecule has 1 atom stereocenters. The first-order valence-corrected chi connectivity index (χ1v) is 6.73. The molecule has 1 heterocycles. The highest BCUT2D eigenvalue weighted by Crippen LogP contribution is 2.44. The predicted octanol–water partition coefficient (Wildman–Crippen LogP) is 3.40. The van der Waals surface area contributed by atoms with E-state index in [4.69, 9.17) is 0 Å². The largest absolute Gasteiger partial charge is 0.350 e. The van der Waals surface area contributed by atoms with Crippen LogP contribution in [0.25, 0.3) is 10.8 Å². The van der Waals surface area contributed by atoms with E-state index in [1.807, 2.05) is 0 Å². The number of amides is 1. The molecule has 3 rings (SSSR count). The summed E-state index contributed by atoms with van der Waals surface area (Å²) >= 11 is 0. The smallest absolute Gasteiger partial charge is 0.221 e. The summed E-state index contributed by atoms with van der Waals surface area (Å²) in [5.41, 5.74) is 0.855. The first kappa shape index (κ1) is 12.2. The maximum absolute atomic E-state index is 11.9. The van der Waals surface area contributed by atoms with Crippen molar-refractivity contribution in [3.05, 3.63) is 48.0 Å². The summed E-state index contributed by atoms with van der Waals surface area (Å²) in [6, 6.07) is 14.8. The van der Waals surface area contributed by atoms with Gasteiger partial charge in [0.05, 0.1) is 0 Å². The number of hydrogen-bond donors (Lipinski definition) is 1. The van der Waals surface area contributed by atoms with Crippen LogP contribution in [0.2, 0.25) is 0 Å². The van der Waals surface area contributed by atoms with Gasteiger partial charge in [-0.25, -0.2) is 0 Å². The number of carbonyl (C=O) groups is 1. The molecule has 0 radical (unpaired) electrons. The van der Waals surface area contributed by atoms with Crippen LogP contribution < -0.4 is 5.32 Å². The molecule has 1 amide bonds. The zero-order chi connectivity index (χ0) is 13.7. The van der Waals surface area contributed by atoms with Crippen LogP contribution in [0.5, 0.6) is 0 Å². The van der Waals surface area contributed by atoms with Gasteiger partial charge in [-0.05, 0) is 30.2 Å². The molecule has 0 bridgehead atoms. The van der Waals surface area contributed by atoms with Crippen LogP contribution >= 0.6 is 0 Å². The molecule has 1 unspecified atom stereocenters. The van der Waals surface area contributed by atoms with Crippen molar-refractivity contribution in [1.29, 1.82) is 0 Å². The Morgan fingerprint density at radius 1 is 1.00 bits per heavy atom. The van der Waals surface area contributed by atoms with E-state index in [0.29, 0.717) is 6.42 Å². The summed E-state index contributed by atoms with van der Waals surface area (Å²) in [6.07, 6.45) is 0.550. The van der Waals surface area contributed by atoms with Gasteiger partial charge in [0.2, 0.25) is 5.91 Å². The lowest BCUT2D eigenvalue weighted by atomic mass is 9.68. The Morgan fingerprint density at radius 2 is 1.68 bits per heavy atom. The van der Waals surface area contributed by atoms with Crippen molar-refractivity contribution in [3.8, 4) is 0 Å². The van der Waals surface area contributed by atoms with Crippen molar-refractivity contribution in [1.82, 2.24) is 5.32 Å². The molecule has 0 saturated carbocycles. The van der Waals surface area contributed by atoms with Gasteiger partial charge in [0.25, 0.3) is 0 Å². The Kier molecular flexibility index (Phi) is 2.46. The second-order valence-electron chi connectivity index (χ2n) is 6.21. The van der Waals surface area contributed by atoms with Crippen molar-refractivity contribution < 1.29 is 4.79 Å². The van der Waals surface area contributed by atoms with Gasteiger partial charge in [0.15, 0.2) is 0 Å².